The Kier molecular flexibility index (Phi) is 4.33. The van der Waals surface area contributed by atoms with Crippen molar-refractivity contribution in [3.05, 3.63) is 23.8 Å². The molecule has 0 aliphatic rings. The fourth-order valence-corrected chi connectivity index (χ4v) is 1.96. The van der Waals surface area contributed by atoms with E-state index >= 15 is 0 Å². The maximum absolute atomic E-state index is 6.20. The van der Waals surface area contributed by atoms with Gasteiger partial charge in [-0.25, -0.2) is 9.97 Å². The summed E-state index contributed by atoms with van der Waals surface area (Å²) in [5.74, 6) is 0.639. The van der Waals surface area contributed by atoms with Gasteiger partial charge in [0.05, 0.1) is 0 Å². The molecule has 0 N–H and O–H groups in total. The van der Waals surface area contributed by atoms with Gasteiger partial charge < -0.3 is 0 Å². The van der Waals surface area contributed by atoms with Gasteiger partial charge in [-0.2, -0.15) is 0 Å². The normalized spacial score (nSPS) is 13.2. The van der Waals surface area contributed by atoms with E-state index in [1.165, 1.54) is 0 Å². The van der Waals surface area contributed by atoms with Crippen LogP contribution in [0.5, 0.6) is 0 Å². The number of hydrogen-bond acceptors (Lipinski definition) is 2. The molecule has 0 amide bonds. The SMILES string of the molecule is Cc1cc(CC(Cl)CC(C)C)ncn1. The Morgan fingerprint density at radius 1 is 1.36 bits per heavy atom. The molecule has 0 fully saturated rings. The van der Waals surface area contributed by atoms with E-state index in [2.05, 4.69) is 23.8 Å². The van der Waals surface area contributed by atoms with E-state index < -0.39 is 0 Å². The smallest absolute Gasteiger partial charge is 0.115 e. The number of rotatable bonds is 4. The summed E-state index contributed by atoms with van der Waals surface area (Å²) in [6.07, 6.45) is 3.47. The first kappa shape index (κ1) is 11.4. The van der Waals surface area contributed by atoms with E-state index in [4.69, 9.17) is 11.6 Å². The zero-order valence-electron chi connectivity index (χ0n) is 9.00. The number of alkyl halides is 1. The highest BCUT2D eigenvalue weighted by Crippen LogP contribution is 2.14. The van der Waals surface area contributed by atoms with Crippen LogP contribution in [0, 0.1) is 12.8 Å². The summed E-state index contributed by atoms with van der Waals surface area (Å²) in [6.45, 7) is 6.33. The van der Waals surface area contributed by atoms with Gasteiger partial charge in [-0.15, -0.1) is 11.6 Å². The molecule has 1 atom stereocenters. The fraction of sp³-hybridized carbons (Fsp3) is 0.636. The minimum absolute atomic E-state index is 0.185. The molecule has 0 saturated heterocycles. The van der Waals surface area contributed by atoms with Crippen LogP contribution in [0.2, 0.25) is 0 Å². The van der Waals surface area contributed by atoms with Crippen molar-refractivity contribution in [2.45, 2.75) is 39.0 Å². The fourth-order valence-electron chi connectivity index (χ4n) is 1.44. The number of aromatic nitrogens is 2. The van der Waals surface area contributed by atoms with Crippen molar-refractivity contribution < 1.29 is 0 Å². The molecule has 1 rings (SSSR count). The van der Waals surface area contributed by atoms with E-state index in [0.29, 0.717) is 5.92 Å². The van der Waals surface area contributed by atoms with Crippen molar-refractivity contribution >= 4 is 11.6 Å². The van der Waals surface area contributed by atoms with Crippen molar-refractivity contribution in [1.82, 2.24) is 9.97 Å². The monoisotopic (exact) mass is 212 g/mol. The van der Waals surface area contributed by atoms with E-state index in [-0.39, 0.29) is 5.38 Å². The van der Waals surface area contributed by atoms with Crippen LogP contribution in [0.1, 0.15) is 31.7 Å². The third-order valence-electron chi connectivity index (χ3n) is 2.02. The van der Waals surface area contributed by atoms with Crippen LogP contribution in [-0.2, 0) is 6.42 Å². The molecule has 0 bridgehead atoms. The number of aryl methyl sites for hydroxylation is 1. The Morgan fingerprint density at radius 3 is 2.64 bits per heavy atom. The molecule has 0 aliphatic heterocycles. The lowest BCUT2D eigenvalue weighted by Crippen LogP contribution is -2.08. The van der Waals surface area contributed by atoms with Crippen LogP contribution in [0.15, 0.2) is 12.4 Å². The van der Waals surface area contributed by atoms with Crippen LogP contribution in [0.25, 0.3) is 0 Å². The summed E-state index contributed by atoms with van der Waals surface area (Å²) >= 11 is 6.20. The Bertz CT molecular complexity index is 286. The van der Waals surface area contributed by atoms with Gasteiger partial charge in [0.15, 0.2) is 0 Å². The maximum atomic E-state index is 6.20. The summed E-state index contributed by atoms with van der Waals surface area (Å²) in [5.41, 5.74) is 2.04. The van der Waals surface area contributed by atoms with Gasteiger partial charge in [-0.05, 0) is 25.3 Å². The van der Waals surface area contributed by atoms with Crippen molar-refractivity contribution in [3.8, 4) is 0 Å². The second-order valence-corrected chi connectivity index (χ2v) is 4.70. The molecular formula is C11H17ClN2. The molecule has 0 spiro atoms. The highest BCUT2D eigenvalue weighted by Gasteiger charge is 2.09. The Morgan fingerprint density at radius 2 is 2.07 bits per heavy atom. The lowest BCUT2D eigenvalue weighted by molar-refractivity contribution is 0.558. The molecule has 1 unspecified atom stereocenters. The van der Waals surface area contributed by atoms with Crippen LogP contribution >= 0.6 is 11.6 Å². The highest BCUT2D eigenvalue weighted by molar-refractivity contribution is 6.20. The van der Waals surface area contributed by atoms with E-state index in [1.807, 2.05) is 13.0 Å². The Balaban J connectivity index is 2.51. The van der Waals surface area contributed by atoms with Gasteiger partial charge in [-0.1, -0.05) is 13.8 Å². The standard InChI is InChI=1S/C11H17ClN2/c1-8(2)4-10(12)6-11-5-9(3)13-7-14-11/h5,7-8,10H,4,6H2,1-3H3. The maximum Gasteiger partial charge on any atom is 0.115 e. The zero-order valence-corrected chi connectivity index (χ0v) is 9.75. The van der Waals surface area contributed by atoms with Crippen LogP contribution in [-0.4, -0.2) is 15.3 Å². The van der Waals surface area contributed by atoms with Crippen molar-refractivity contribution in [1.29, 1.82) is 0 Å². The van der Waals surface area contributed by atoms with Crippen molar-refractivity contribution in [2.24, 2.45) is 5.92 Å². The Labute approximate surface area is 90.7 Å². The third kappa shape index (κ3) is 4.05. The van der Waals surface area contributed by atoms with Gasteiger partial charge in [-0.3, -0.25) is 0 Å². The summed E-state index contributed by atoms with van der Waals surface area (Å²) in [4.78, 5) is 8.25. The van der Waals surface area contributed by atoms with E-state index in [9.17, 15) is 0 Å². The molecule has 2 nitrogen and oxygen atoms in total. The van der Waals surface area contributed by atoms with E-state index in [0.717, 1.165) is 24.2 Å². The zero-order chi connectivity index (χ0) is 10.6. The van der Waals surface area contributed by atoms with Gasteiger partial charge in [0, 0.05) is 23.2 Å². The van der Waals surface area contributed by atoms with Crippen LogP contribution < -0.4 is 0 Å². The minimum atomic E-state index is 0.185. The predicted octanol–water partition coefficient (Wildman–Crippen LogP) is 2.98. The molecule has 1 aromatic heterocycles. The van der Waals surface area contributed by atoms with Crippen molar-refractivity contribution in [2.75, 3.05) is 0 Å². The number of hydrogen-bond donors (Lipinski definition) is 0. The largest absolute Gasteiger partial charge is 0.242 e. The first-order valence-corrected chi connectivity index (χ1v) is 5.43. The molecule has 0 aromatic carbocycles. The average Bonchev–Trinajstić information content (AvgIpc) is 2.01. The molecule has 3 heteroatoms. The van der Waals surface area contributed by atoms with Crippen molar-refractivity contribution in [3.63, 3.8) is 0 Å². The second-order valence-electron chi connectivity index (χ2n) is 4.08. The Hall–Kier alpha value is -0.630. The molecular weight excluding hydrogens is 196 g/mol. The average molecular weight is 213 g/mol. The lowest BCUT2D eigenvalue weighted by Gasteiger charge is -2.11. The highest BCUT2D eigenvalue weighted by atomic mass is 35.5. The third-order valence-corrected chi connectivity index (χ3v) is 2.35. The predicted molar refractivity (Wildman–Crippen MR) is 59.6 cm³/mol. The molecule has 14 heavy (non-hydrogen) atoms. The molecule has 78 valence electrons. The molecule has 0 saturated carbocycles. The topological polar surface area (TPSA) is 25.8 Å². The summed E-state index contributed by atoms with van der Waals surface area (Å²) < 4.78 is 0. The van der Waals surface area contributed by atoms with Gasteiger partial charge >= 0.3 is 0 Å². The van der Waals surface area contributed by atoms with E-state index in [1.54, 1.807) is 6.33 Å². The quantitative estimate of drug-likeness (QED) is 0.718. The molecule has 1 heterocycles. The number of halogens is 1. The second kappa shape index (κ2) is 5.30. The lowest BCUT2D eigenvalue weighted by atomic mass is 10.0. The molecule has 1 aromatic rings. The first-order chi connectivity index (χ1) is 6.58. The summed E-state index contributed by atoms with van der Waals surface area (Å²) in [5, 5.41) is 0.185. The summed E-state index contributed by atoms with van der Waals surface area (Å²) in [7, 11) is 0. The number of nitrogens with zero attached hydrogens (tertiary/aromatic N) is 2. The van der Waals surface area contributed by atoms with Gasteiger partial charge in [0.25, 0.3) is 0 Å². The molecule has 0 aliphatic carbocycles. The van der Waals surface area contributed by atoms with Gasteiger partial charge in [0.2, 0.25) is 0 Å². The van der Waals surface area contributed by atoms with Crippen LogP contribution in [0.3, 0.4) is 0 Å². The van der Waals surface area contributed by atoms with Crippen LogP contribution in [0.4, 0.5) is 0 Å². The first-order valence-electron chi connectivity index (χ1n) is 4.99. The van der Waals surface area contributed by atoms with Gasteiger partial charge in [0.1, 0.15) is 6.33 Å². The molecule has 0 radical (unpaired) electrons. The minimum Gasteiger partial charge on any atom is -0.242 e. The summed E-state index contributed by atoms with van der Waals surface area (Å²) in [6, 6.07) is 2.00.